The van der Waals surface area contributed by atoms with Crippen LogP contribution in [0.15, 0.2) is 18.5 Å². The van der Waals surface area contributed by atoms with Gasteiger partial charge in [0.25, 0.3) is 0 Å². The second kappa shape index (κ2) is 2.59. The summed E-state index contributed by atoms with van der Waals surface area (Å²) >= 11 is 3.57. The van der Waals surface area contributed by atoms with Gasteiger partial charge in [-0.15, -0.1) is 0 Å². The Kier molecular flexibility index (Phi) is 1.68. The van der Waals surface area contributed by atoms with Gasteiger partial charge in [0.15, 0.2) is 0 Å². The zero-order chi connectivity index (χ0) is 8.60. The number of hydrogen-bond donors (Lipinski definition) is 1. The molecular formula is C9H9BrN2. The Morgan fingerprint density at radius 2 is 2.17 bits per heavy atom. The van der Waals surface area contributed by atoms with Crippen LogP contribution in [0, 0.1) is 0 Å². The predicted molar refractivity (Wildman–Crippen MR) is 54.0 cm³/mol. The van der Waals surface area contributed by atoms with Crippen molar-refractivity contribution >= 4 is 28.1 Å². The van der Waals surface area contributed by atoms with Gasteiger partial charge in [-0.3, -0.25) is 0 Å². The van der Waals surface area contributed by atoms with E-state index in [-0.39, 0.29) is 4.32 Å². The number of aromatic nitrogens is 2. The predicted octanol–water partition coefficient (Wildman–Crippen LogP) is 2.60. The maximum atomic E-state index is 4.17. The van der Waals surface area contributed by atoms with E-state index in [1.165, 1.54) is 0 Å². The van der Waals surface area contributed by atoms with Crippen LogP contribution in [-0.2, 0) is 0 Å². The first-order valence-electron chi connectivity index (χ1n) is 3.78. The summed E-state index contributed by atoms with van der Waals surface area (Å²) in [5, 5.41) is 0. The van der Waals surface area contributed by atoms with Gasteiger partial charge in [0.05, 0.1) is 22.0 Å². The largest absolute Gasteiger partial charge is 0.345 e. The molecule has 1 aromatic rings. The van der Waals surface area contributed by atoms with Crippen LogP contribution in [-0.4, -0.2) is 14.3 Å². The summed E-state index contributed by atoms with van der Waals surface area (Å²) in [5.74, 6) is 0. The van der Waals surface area contributed by atoms with Gasteiger partial charge in [-0.1, -0.05) is 28.1 Å². The third-order valence-electron chi connectivity index (χ3n) is 1.84. The van der Waals surface area contributed by atoms with Crippen LogP contribution in [0.4, 0.5) is 0 Å². The molecule has 2 rings (SSSR count). The van der Waals surface area contributed by atoms with Crippen LogP contribution in [0.5, 0.6) is 0 Å². The molecule has 0 spiro atoms. The van der Waals surface area contributed by atoms with Crippen LogP contribution in [0.1, 0.15) is 18.3 Å². The van der Waals surface area contributed by atoms with Crippen LogP contribution >= 0.6 is 15.9 Å². The average molecular weight is 225 g/mol. The van der Waals surface area contributed by atoms with Crippen molar-refractivity contribution in [1.29, 1.82) is 0 Å². The van der Waals surface area contributed by atoms with Crippen molar-refractivity contribution < 1.29 is 0 Å². The second-order valence-electron chi connectivity index (χ2n) is 3.02. The average Bonchev–Trinajstić information content (AvgIpc) is 2.40. The Hall–Kier alpha value is -0.830. The molecule has 0 aromatic carbocycles. The molecule has 1 unspecified atom stereocenters. The lowest BCUT2D eigenvalue weighted by Gasteiger charge is -2.09. The standard InChI is InChI=1S/C9H9BrN2/c1-9(10)4-2-7-8(3-5-9)12-6-11-7/h2-6H,1H3,(H,11,12). The molecule has 62 valence electrons. The summed E-state index contributed by atoms with van der Waals surface area (Å²) in [6.07, 6.45) is 9.93. The molecular weight excluding hydrogens is 216 g/mol. The van der Waals surface area contributed by atoms with Crippen molar-refractivity contribution in [2.45, 2.75) is 11.2 Å². The Morgan fingerprint density at radius 3 is 3.00 bits per heavy atom. The van der Waals surface area contributed by atoms with Crippen molar-refractivity contribution in [1.82, 2.24) is 9.97 Å². The number of rotatable bonds is 0. The van der Waals surface area contributed by atoms with Gasteiger partial charge in [0.1, 0.15) is 0 Å². The molecule has 0 saturated heterocycles. The van der Waals surface area contributed by atoms with Crippen molar-refractivity contribution in [3.05, 3.63) is 29.9 Å². The highest BCUT2D eigenvalue weighted by atomic mass is 79.9. The van der Waals surface area contributed by atoms with E-state index >= 15 is 0 Å². The monoisotopic (exact) mass is 224 g/mol. The number of alkyl halides is 1. The summed E-state index contributed by atoms with van der Waals surface area (Å²) in [6, 6.07) is 0. The lowest BCUT2D eigenvalue weighted by Crippen LogP contribution is -2.04. The topological polar surface area (TPSA) is 28.7 Å². The number of fused-ring (bicyclic) bond motifs is 1. The van der Waals surface area contributed by atoms with Crippen molar-refractivity contribution in [2.75, 3.05) is 0 Å². The van der Waals surface area contributed by atoms with Gasteiger partial charge in [0.2, 0.25) is 0 Å². The first kappa shape index (κ1) is 7.80. The molecule has 0 saturated carbocycles. The first-order chi connectivity index (χ1) is 5.67. The molecule has 0 fully saturated rings. The maximum absolute atomic E-state index is 4.17. The fourth-order valence-electron chi connectivity index (χ4n) is 1.12. The lowest BCUT2D eigenvalue weighted by atomic mass is 10.1. The molecule has 1 aromatic heterocycles. The molecule has 1 atom stereocenters. The van der Waals surface area contributed by atoms with Crippen LogP contribution in [0.2, 0.25) is 0 Å². The third kappa shape index (κ3) is 1.37. The lowest BCUT2D eigenvalue weighted by molar-refractivity contribution is 1.05. The van der Waals surface area contributed by atoms with Crippen LogP contribution < -0.4 is 0 Å². The summed E-state index contributed by atoms with van der Waals surface area (Å²) in [7, 11) is 0. The highest BCUT2D eigenvalue weighted by Gasteiger charge is 2.14. The number of aromatic amines is 1. The number of imidazole rings is 1. The molecule has 3 heteroatoms. The van der Waals surface area contributed by atoms with E-state index in [0.29, 0.717) is 0 Å². The van der Waals surface area contributed by atoms with E-state index in [4.69, 9.17) is 0 Å². The van der Waals surface area contributed by atoms with Crippen molar-refractivity contribution in [3.8, 4) is 0 Å². The minimum absolute atomic E-state index is 0.0471. The van der Waals surface area contributed by atoms with Crippen molar-refractivity contribution in [3.63, 3.8) is 0 Å². The van der Waals surface area contributed by atoms with E-state index < -0.39 is 0 Å². The number of nitrogens with zero attached hydrogens (tertiary/aromatic N) is 1. The van der Waals surface area contributed by atoms with E-state index in [0.717, 1.165) is 11.4 Å². The minimum atomic E-state index is -0.0471. The van der Waals surface area contributed by atoms with Gasteiger partial charge in [-0.25, -0.2) is 4.98 Å². The highest BCUT2D eigenvalue weighted by Crippen LogP contribution is 2.26. The zero-order valence-electron chi connectivity index (χ0n) is 6.71. The molecule has 0 radical (unpaired) electrons. The molecule has 12 heavy (non-hydrogen) atoms. The number of H-pyrrole nitrogens is 1. The normalized spacial score (nSPS) is 18.8. The summed E-state index contributed by atoms with van der Waals surface area (Å²) in [5.41, 5.74) is 2.06. The van der Waals surface area contributed by atoms with E-state index in [1.54, 1.807) is 6.33 Å². The first-order valence-corrected chi connectivity index (χ1v) is 4.57. The molecule has 0 bridgehead atoms. The Balaban J connectivity index is 2.49. The number of halogens is 1. The number of hydrogen-bond acceptors (Lipinski definition) is 1. The van der Waals surface area contributed by atoms with Crippen LogP contribution in [0.25, 0.3) is 12.2 Å². The molecule has 1 aliphatic rings. The van der Waals surface area contributed by atoms with Gasteiger partial charge in [-0.2, -0.15) is 0 Å². The van der Waals surface area contributed by atoms with Crippen molar-refractivity contribution in [2.24, 2.45) is 0 Å². The highest BCUT2D eigenvalue weighted by molar-refractivity contribution is 9.10. The number of allylic oxidation sites excluding steroid dienone is 2. The fraction of sp³-hybridized carbons (Fsp3) is 0.222. The summed E-state index contributed by atoms with van der Waals surface area (Å²) in [4.78, 5) is 7.23. The van der Waals surface area contributed by atoms with Gasteiger partial charge in [-0.05, 0) is 19.1 Å². The molecule has 1 aliphatic carbocycles. The van der Waals surface area contributed by atoms with E-state index in [1.807, 2.05) is 12.2 Å². The summed E-state index contributed by atoms with van der Waals surface area (Å²) < 4.78 is -0.0471. The summed E-state index contributed by atoms with van der Waals surface area (Å²) in [6.45, 7) is 2.09. The Morgan fingerprint density at radius 1 is 1.42 bits per heavy atom. The number of nitrogens with one attached hydrogen (secondary N) is 1. The quantitative estimate of drug-likeness (QED) is 0.675. The zero-order valence-corrected chi connectivity index (χ0v) is 8.30. The third-order valence-corrected chi connectivity index (χ3v) is 2.37. The van der Waals surface area contributed by atoms with Gasteiger partial charge in [0, 0.05) is 0 Å². The smallest absolute Gasteiger partial charge is 0.0931 e. The van der Waals surface area contributed by atoms with Gasteiger partial charge >= 0.3 is 0 Å². The molecule has 0 amide bonds. The van der Waals surface area contributed by atoms with E-state index in [9.17, 15) is 0 Å². The molecule has 1 N–H and O–H groups in total. The molecule has 2 nitrogen and oxygen atoms in total. The van der Waals surface area contributed by atoms with E-state index in [2.05, 4.69) is 45.0 Å². The fourth-order valence-corrected chi connectivity index (χ4v) is 1.39. The molecule has 0 aliphatic heterocycles. The Bertz CT molecular complexity index is 317. The molecule has 1 heterocycles. The van der Waals surface area contributed by atoms with Gasteiger partial charge < -0.3 is 4.98 Å². The van der Waals surface area contributed by atoms with Crippen LogP contribution in [0.3, 0.4) is 0 Å². The second-order valence-corrected chi connectivity index (χ2v) is 4.73. The maximum Gasteiger partial charge on any atom is 0.0931 e. The Labute approximate surface area is 79.5 Å². The SMILES string of the molecule is CC1(Br)C=Cc2nc[nH]c2C=C1. The minimum Gasteiger partial charge on any atom is -0.345 e.